The first-order valence-corrected chi connectivity index (χ1v) is 9.81. The third kappa shape index (κ3) is 5.39. The quantitative estimate of drug-likeness (QED) is 0.332. The van der Waals surface area contributed by atoms with Gasteiger partial charge in [0.2, 0.25) is 0 Å². The molecule has 0 spiro atoms. The van der Waals surface area contributed by atoms with Crippen LogP contribution in [0.1, 0.15) is 20.7 Å². The van der Waals surface area contributed by atoms with Gasteiger partial charge in [-0.15, -0.1) is 0 Å². The van der Waals surface area contributed by atoms with Gasteiger partial charge in [-0.3, -0.25) is 10.1 Å². The maximum Gasteiger partial charge on any atom is 0.337 e. The summed E-state index contributed by atoms with van der Waals surface area (Å²) >= 11 is 21.1. The third-order valence-corrected chi connectivity index (χ3v) is 5.26. The molecule has 25 heavy (non-hydrogen) atoms. The number of aromatic carboxylic acids is 1. The van der Waals surface area contributed by atoms with Crippen LogP contribution >= 0.6 is 80.6 Å². The van der Waals surface area contributed by atoms with Crippen molar-refractivity contribution < 1.29 is 14.7 Å². The summed E-state index contributed by atoms with van der Waals surface area (Å²) in [4.78, 5) is 23.7. The second kappa shape index (κ2) is 8.80. The minimum Gasteiger partial charge on any atom is -0.478 e. The SMILES string of the molecule is O=C(NC(=S)Nc1c(Cl)cc(Cl)cc1C(=O)O)c1cc(I)ccc1I. The van der Waals surface area contributed by atoms with Crippen LogP contribution in [-0.2, 0) is 0 Å². The summed E-state index contributed by atoms with van der Waals surface area (Å²) < 4.78 is 1.66. The van der Waals surface area contributed by atoms with Crippen LogP contribution in [0.3, 0.4) is 0 Å². The Balaban J connectivity index is 2.22. The van der Waals surface area contributed by atoms with E-state index in [1.165, 1.54) is 12.1 Å². The molecule has 0 fully saturated rings. The smallest absolute Gasteiger partial charge is 0.337 e. The predicted octanol–water partition coefficient (Wildman–Crippen LogP) is 5.03. The lowest BCUT2D eigenvalue weighted by Crippen LogP contribution is -2.35. The molecule has 0 atom stereocenters. The van der Waals surface area contributed by atoms with E-state index in [9.17, 15) is 14.7 Å². The van der Waals surface area contributed by atoms with Crippen LogP contribution in [0.25, 0.3) is 0 Å². The van der Waals surface area contributed by atoms with Crippen molar-refractivity contribution in [2.75, 3.05) is 5.32 Å². The summed E-state index contributed by atoms with van der Waals surface area (Å²) in [6, 6.07) is 8.03. The van der Waals surface area contributed by atoms with Gasteiger partial charge < -0.3 is 10.4 Å². The van der Waals surface area contributed by atoms with Crippen molar-refractivity contribution in [1.82, 2.24) is 5.32 Å². The van der Waals surface area contributed by atoms with Crippen molar-refractivity contribution >= 4 is 103 Å². The summed E-state index contributed by atoms with van der Waals surface area (Å²) in [5.74, 6) is -1.64. The molecular weight excluding hydrogens is 613 g/mol. The number of carboxylic acids is 1. The maximum atomic E-state index is 12.4. The highest BCUT2D eigenvalue weighted by molar-refractivity contribution is 14.1. The molecule has 0 aromatic heterocycles. The number of thiocarbonyl (C=S) groups is 1. The highest BCUT2D eigenvalue weighted by Crippen LogP contribution is 2.30. The molecule has 0 heterocycles. The molecular formula is C15H8Cl2I2N2O3S. The highest BCUT2D eigenvalue weighted by Gasteiger charge is 2.18. The molecule has 0 aliphatic carbocycles. The molecule has 3 N–H and O–H groups in total. The summed E-state index contributed by atoms with van der Waals surface area (Å²) in [6.45, 7) is 0. The fraction of sp³-hybridized carbons (Fsp3) is 0. The molecule has 0 radical (unpaired) electrons. The molecule has 0 aliphatic heterocycles. The Hall–Kier alpha value is -0.690. The van der Waals surface area contributed by atoms with E-state index in [2.05, 4.69) is 33.2 Å². The highest BCUT2D eigenvalue weighted by atomic mass is 127. The normalized spacial score (nSPS) is 10.2. The van der Waals surface area contributed by atoms with Crippen LogP contribution in [0, 0.1) is 7.14 Å². The van der Waals surface area contributed by atoms with E-state index < -0.39 is 11.9 Å². The second-order valence-electron chi connectivity index (χ2n) is 4.65. The largest absolute Gasteiger partial charge is 0.478 e. The van der Waals surface area contributed by atoms with E-state index in [-0.39, 0.29) is 26.4 Å². The molecule has 1 amide bonds. The molecule has 2 rings (SSSR count). The van der Waals surface area contributed by atoms with E-state index in [1.54, 1.807) is 6.07 Å². The lowest BCUT2D eigenvalue weighted by atomic mass is 10.2. The van der Waals surface area contributed by atoms with Crippen molar-refractivity contribution in [1.29, 1.82) is 0 Å². The Morgan fingerprint density at radius 1 is 1.08 bits per heavy atom. The summed E-state index contributed by atoms with van der Waals surface area (Å²) in [6.07, 6.45) is 0. The number of carbonyl (C=O) groups excluding carboxylic acids is 1. The van der Waals surface area contributed by atoms with Gasteiger partial charge in [-0.1, -0.05) is 23.2 Å². The van der Waals surface area contributed by atoms with Crippen LogP contribution in [0.15, 0.2) is 30.3 Å². The molecule has 2 aromatic rings. The first kappa shape index (κ1) is 20.6. The number of halogens is 4. The van der Waals surface area contributed by atoms with E-state index in [0.29, 0.717) is 5.56 Å². The third-order valence-electron chi connectivity index (χ3n) is 2.92. The fourth-order valence-electron chi connectivity index (χ4n) is 1.86. The number of nitrogens with one attached hydrogen (secondary N) is 2. The number of hydrogen-bond donors (Lipinski definition) is 3. The Kier molecular flexibility index (Phi) is 7.26. The zero-order valence-electron chi connectivity index (χ0n) is 12.1. The molecule has 0 saturated carbocycles. The zero-order valence-corrected chi connectivity index (χ0v) is 18.7. The number of hydrogen-bond acceptors (Lipinski definition) is 3. The van der Waals surface area contributed by atoms with Crippen molar-refractivity contribution in [2.45, 2.75) is 0 Å². The van der Waals surface area contributed by atoms with Crippen LogP contribution in [-0.4, -0.2) is 22.1 Å². The maximum absolute atomic E-state index is 12.4. The van der Waals surface area contributed by atoms with Gasteiger partial charge in [0.15, 0.2) is 5.11 Å². The van der Waals surface area contributed by atoms with Gasteiger partial charge in [0.05, 0.1) is 21.8 Å². The van der Waals surface area contributed by atoms with Crippen molar-refractivity contribution in [3.8, 4) is 0 Å². The van der Waals surface area contributed by atoms with Gasteiger partial charge in [0, 0.05) is 12.2 Å². The number of anilines is 1. The van der Waals surface area contributed by atoms with Crippen LogP contribution in [0.2, 0.25) is 10.0 Å². The number of amides is 1. The summed E-state index contributed by atoms with van der Waals surface area (Å²) in [7, 11) is 0. The molecule has 0 aliphatic rings. The molecule has 0 unspecified atom stereocenters. The van der Waals surface area contributed by atoms with Crippen molar-refractivity contribution in [3.05, 3.63) is 58.6 Å². The first-order chi connectivity index (χ1) is 11.7. The van der Waals surface area contributed by atoms with Gasteiger partial charge in [-0.25, -0.2) is 4.79 Å². The molecule has 0 bridgehead atoms. The monoisotopic (exact) mass is 620 g/mol. The van der Waals surface area contributed by atoms with Gasteiger partial charge in [-0.2, -0.15) is 0 Å². The Morgan fingerprint density at radius 2 is 1.76 bits per heavy atom. The topological polar surface area (TPSA) is 78.4 Å². The average Bonchev–Trinajstić information content (AvgIpc) is 2.51. The van der Waals surface area contributed by atoms with Crippen molar-refractivity contribution in [2.24, 2.45) is 0 Å². The molecule has 130 valence electrons. The lowest BCUT2D eigenvalue weighted by molar-refractivity contribution is 0.0698. The van der Waals surface area contributed by atoms with Gasteiger partial charge >= 0.3 is 5.97 Å². The van der Waals surface area contributed by atoms with Crippen LogP contribution < -0.4 is 10.6 Å². The molecule has 2 aromatic carbocycles. The minimum absolute atomic E-state index is 0.0567. The molecule has 10 heteroatoms. The summed E-state index contributed by atoms with van der Waals surface area (Å²) in [5.41, 5.74) is 0.358. The van der Waals surface area contributed by atoms with E-state index in [1.807, 2.05) is 34.7 Å². The standard InChI is InChI=1S/C15H8Cl2I2N2O3S/c16-6-3-9(14(23)24)12(10(17)4-6)20-15(25)21-13(22)8-5-7(18)1-2-11(8)19/h1-5H,(H,23,24)(H2,20,21,22,25). The average molecular weight is 621 g/mol. The lowest BCUT2D eigenvalue weighted by Gasteiger charge is -2.14. The Bertz CT molecular complexity index is 893. The second-order valence-corrected chi connectivity index (χ2v) is 8.31. The predicted molar refractivity (Wildman–Crippen MR) is 119 cm³/mol. The van der Waals surface area contributed by atoms with Crippen LogP contribution in [0.5, 0.6) is 0 Å². The Labute approximate surface area is 185 Å². The van der Waals surface area contributed by atoms with Crippen molar-refractivity contribution in [3.63, 3.8) is 0 Å². The number of carboxylic acid groups (broad SMARTS) is 1. The summed E-state index contributed by atoms with van der Waals surface area (Å²) in [5, 5.41) is 14.6. The zero-order chi connectivity index (χ0) is 18.7. The number of rotatable bonds is 3. The van der Waals surface area contributed by atoms with E-state index in [0.717, 1.165) is 7.14 Å². The van der Waals surface area contributed by atoms with Gasteiger partial charge in [0.1, 0.15) is 0 Å². The van der Waals surface area contributed by atoms with Crippen LogP contribution in [0.4, 0.5) is 5.69 Å². The molecule has 0 saturated heterocycles. The first-order valence-electron chi connectivity index (χ1n) is 6.48. The molecule has 5 nitrogen and oxygen atoms in total. The number of benzene rings is 2. The Morgan fingerprint density at radius 3 is 2.40 bits per heavy atom. The minimum atomic E-state index is -1.23. The fourth-order valence-corrected chi connectivity index (χ4v) is 3.66. The van der Waals surface area contributed by atoms with Gasteiger partial charge in [0.25, 0.3) is 5.91 Å². The van der Waals surface area contributed by atoms with E-state index in [4.69, 9.17) is 35.4 Å². The number of carbonyl (C=O) groups is 2. The van der Waals surface area contributed by atoms with Gasteiger partial charge in [-0.05, 0) is 87.7 Å². The van der Waals surface area contributed by atoms with E-state index >= 15 is 0 Å².